The van der Waals surface area contributed by atoms with E-state index in [0.717, 1.165) is 6.54 Å². The largest absolute Gasteiger partial charge is 0.495 e. The number of hydrogen-bond donors (Lipinski definition) is 2. The molecule has 0 unspecified atom stereocenters. The van der Waals surface area contributed by atoms with Gasteiger partial charge < -0.3 is 15.0 Å². The summed E-state index contributed by atoms with van der Waals surface area (Å²) >= 11 is 0. The molecule has 0 atom stereocenters. The molecule has 0 spiro atoms. The summed E-state index contributed by atoms with van der Waals surface area (Å²) in [6, 6.07) is 12.9. The predicted molar refractivity (Wildman–Crippen MR) is 112 cm³/mol. The first-order chi connectivity index (χ1) is 13.9. The maximum atomic E-state index is 13.0. The maximum Gasteiger partial charge on any atom is 0.264 e. The first-order valence-corrected chi connectivity index (χ1v) is 11.2. The molecule has 1 fully saturated rings. The Labute approximate surface area is 172 Å². The SMILES string of the molecule is COc1ccccc1N(C)S(=O)(=O)c1ccc(C(=O)NCC[NH+]2CCCC2)cc1. The second-order valence-corrected chi connectivity index (χ2v) is 9.10. The van der Waals surface area contributed by atoms with E-state index in [1.54, 1.807) is 36.4 Å². The number of carbonyl (C=O) groups excluding carboxylic acids is 1. The van der Waals surface area contributed by atoms with Crippen molar-refractivity contribution < 1.29 is 22.8 Å². The zero-order chi connectivity index (χ0) is 20.9. The molecule has 0 aromatic heterocycles. The highest BCUT2D eigenvalue weighted by Gasteiger charge is 2.24. The molecule has 7 nitrogen and oxygen atoms in total. The van der Waals surface area contributed by atoms with Crippen LogP contribution in [-0.2, 0) is 10.0 Å². The Hall–Kier alpha value is -2.58. The number of likely N-dealkylation sites (tertiary alicyclic amines) is 1. The minimum atomic E-state index is -3.78. The van der Waals surface area contributed by atoms with Gasteiger partial charge in [0.15, 0.2) is 0 Å². The van der Waals surface area contributed by atoms with Gasteiger partial charge in [0.05, 0.1) is 43.9 Å². The van der Waals surface area contributed by atoms with Crippen LogP contribution in [0.25, 0.3) is 0 Å². The average molecular weight is 419 g/mol. The molecular weight excluding hydrogens is 390 g/mol. The van der Waals surface area contributed by atoms with Gasteiger partial charge in [-0.25, -0.2) is 8.42 Å². The van der Waals surface area contributed by atoms with E-state index in [0.29, 0.717) is 23.5 Å². The number of para-hydroxylation sites is 2. The molecule has 156 valence electrons. The van der Waals surface area contributed by atoms with Gasteiger partial charge in [0.1, 0.15) is 5.75 Å². The van der Waals surface area contributed by atoms with Crippen molar-refractivity contribution in [3.63, 3.8) is 0 Å². The Kier molecular flexibility index (Phi) is 6.76. The Bertz CT molecular complexity index is 939. The summed E-state index contributed by atoms with van der Waals surface area (Å²) in [7, 11) is -0.798. The van der Waals surface area contributed by atoms with Gasteiger partial charge in [-0.15, -0.1) is 0 Å². The molecule has 1 saturated heterocycles. The van der Waals surface area contributed by atoms with E-state index in [-0.39, 0.29) is 10.8 Å². The first-order valence-electron chi connectivity index (χ1n) is 9.77. The number of hydrogen-bond acceptors (Lipinski definition) is 4. The number of carbonyl (C=O) groups is 1. The van der Waals surface area contributed by atoms with Crippen LogP contribution in [0, 0.1) is 0 Å². The zero-order valence-electron chi connectivity index (χ0n) is 16.8. The summed E-state index contributed by atoms with van der Waals surface area (Å²) in [5, 5.41) is 2.91. The second-order valence-electron chi connectivity index (χ2n) is 7.13. The Morgan fingerprint density at radius 2 is 1.76 bits per heavy atom. The molecule has 0 aliphatic carbocycles. The van der Waals surface area contributed by atoms with Gasteiger partial charge in [0, 0.05) is 25.5 Å². The molecule has 2 N–H and O–H groups in total. The lowest BCUT2D eigenvalue weighted by molar-refractivity contribution is -0.886. The van der Waals surface area contributed by atoms with E-state index in [1.165, 1.54) is 61.4 Å². The fourth-order valence-electron chi connectivity index (χ4n) is 3.54. The highest BCUT2D eigenvalue weighted by Crippen LogP contribution is 2.30. The van der Waals surface area contributed by atoms with Crippen LogP contribution in [0.4, 0.5) is 5.69 Å². The molecular formula is C21H28N3O4S+. The molecule has 8 heteroatoms. The molecule has 1 heterocycles. The number of amides is 1. The topological polar surface area (TPSA) is 80.1 Å². The Morgan fingerprint density at radius 3 is 2.41 bits per heavy atom. The number of nitrogens with one attached hydrogen (secondary N) is 2. The van der Waals surface area contributed by atoms with Crippen molar-refractivity contribution in [2.75, 3.05) is 44.6 Å². The molecule has 2 aromatic rings. The van der Waals surface area contributed by atoms with Crippen molar-refractivity contribution in [2.24, 2.45) is 0 Å². The van der Waals surface area contributed by atoms with Crippen LogP contribution in [0.5, 0.6) is 5.75 Å². The van der Waals surface area contributed by atoms with Gasteiger partial charge >= 0.3 is 0 Å². The van der Waals surface area contributed by atoms with E-state index in [1.807, 2.05) is 0 Å². The lowest BCUT2D eigenvalue weighted by atomic mass is 10.2. The quantitative estimate of drug-likeness (QED) is 0.668. The summed E-state index contributed by atoms with van der Waals surface area (Å²) < 4.78 is 32.4. The van der Waals surface area contributed by atoms with E-state index >= 15 is 0 Å². The predicted octanol–water partition coefficient (Wildman–Crippen LogP) is 0.929. The standard InChI is InChI=1S/C21H27N3O4S/c1-23(19-7-3-4-8-20(19)28-2)29(26,27)18-11-9-17(10-12-18)21(25)22-13-16-24-14-5-6-15-24/h3-4,7-12H,5-6,13-16H2,1-2H3,(H,22,25)/p+1. The van der Waals surface area contributed by atoms with Crippen LogP contribution in [0.3, 0.4) is 0 Å². The van der Waals surface area contributed by atoms with Gasteiger partial charge in [0.25, 0.3) is 15.9 Å². The van der Waals surface area contributed by atoms with Crippen LogP contribution in [-0.4, -0.2) is 54.7 Å². The third-order valence-corrected chi connectivity index (χ3v) is 7.06. The lowest BCUT2D eigenvalue weighted by Crippen LogP contribution is -3.10. The monoisotopic (exact) mass is 418 g/mol. The summed E-state index contributed by atoms with van der Waals surface area (Å²) in [5.74, 6) is 0.278. The van der Waals surface area contributed by atoms with E-state index in [2.05, 4.69) is 5.32 Å². The van der Waals surface area contributed by atoms with Crippen molar-refractivity contribution in [3.8, 4) is 5.75 Å². The zero-order valence-corrected chi connectivity index (χ0v) is 17.7. The van der Waals surface area contributed by atoms with Gasteiger partial charge in [0.2, 0.25) is 0 Å². The summed E-state index contributed by atoms with van der Waals surface area (Å²) in [6.45, 7) is 3.87. The van der Waals surface area contributed by atoms with Crippen LogP contribution in [0.2, 0.25) is 0 Å². The van der Waals surface area contributed by atoms with Crippen LogP contribution < -0.4 is 19.3 Å². The molecule has 0 saturated carbocycles. The number of benzene rings is 2. The van der Waals surface area contributed by atoms with Crippen molar-refractivity contribution >= 4 is 21.6 Å². The highest BCUT2D eigenvalue weighted by molar-refractivity contribution is 7.92. The van der Waals surface area contributed by atoms with Gasteiger partial charge in [-0.2, -0.15) is 0 Å². The number of nitrogens with zero attached hydrogens (tertiary/aromatic N) is 1. The van der Waals surface area contributed by atoms with Gasteiger partial charge in [-0.05, 0) is 36.4 Å². The Morgan fingerprint density at radius 1 is 1.10 bits per heavy atom. The van der Waals surface area contributed by atoms with Crippen LogP contribution in [0.15, 0.2) is 53.4 Å². The molecule has 29 heavy (non-hydrogen) atoms. The third-order valence-electron chi connectivity index (χ3n) is 5.27. The normalized spacial score (nSPS) is 14.6. The number of quaternary nitrogens is 1. The van der Waals surface area contributed by atoms with Crippen molar-refractivity contribution in [1.82, 2.24) is 5.32 Å². The van der Waals surface area contributed by atoms with Gasteiger partial charge in [-0.1, -0.05) is 12.1 Å². The number of methoxy groups -OCH3 is 1. The molecule has 1 amide bonds. The molecule has 1 aliphatic rings. The first kappa shape index (κ1) is 21.1. The van der Waals surface area contributed by atoms with E-state index < -0.39 is 10.0 Å². The lowest BCUT2D eigenvalue weighted by Gasteiger charge is -2.21. The fraction of sp³-hybridized carbons (Fsp3) is 0.381. The molecule has 1 aliphatic heterocycles. The molecule has 0 bridgehead atoms. The van der Waals surface area contributed by atoms with Crippen molar-refractivity contribution in [2.45, 2.75) is 17.7 Å². The van der Waals surface area contributed by atoms with Crippen molar-refractivity contribution in [3.05, 3.63) is 54.1 Å². The summed E-state index contributed by atoms with van der Waals surface area (Å²) in [5.41, 5.74) is 0.890. The summed E-state index contributed by atoms with van der Waals surface area (Å²) in [6.07, 6.45) is 2.50. The van der Waals surface area contributed by atoms with Crippen LogP contribution in [0.1, 0.15) is 23.2 Å². The number of ether oxygens (including phenoxy) is 1. The number of rotatable bonds is 8. The molecule has 0 radical (unpaired) electrons. The fourth-order valence-corrected chi connectivity index (χ4v) is 4.74. The third kappa shape index (κ3) is 4.89. The van der Waals surface area contributed by atoms with E-state index in [9.17, 15) is 13.2 Å². The maximum absolute atomic E-state index is 13.0. The highest BCUT2D eigenvalue weighted by atomic mass is 32.2. The van der Waals surface area contributed by atoms with Crippen molar-refractivity contribution in [1.29, 1.82) is 0 Å². The number of sulfonamides is 1. The van der Waals surface area contributed by atoms with Crippen LogP contribution >= 0.6 is 0 Å². The van der Waals surface area contributed by atoms with E-state index in [4.69, 9.17) is 4.74 Å². The molecule has 3 rings (SSSR count). The average Bonchev–Trinajstić information content (AvgIpc) is 3.26. The van der Waals surface area contributed by atoms with Gasteiger partial charge in [-0.3, -0.25) is 9.10 Å². The Balaban J connectivity index is 1.67. The molecule has 2 aromatic carbocycles. The second kappa shape index (κ2) is 9.28. The number of anilines is 1. The minimum Gasteiger partial charge on any atom is -0.495 e. The minimum absolute atomic E-state index is 0.115. The summed E-state index contributed by atoms with van der Waals surface area (Å²) in [4.78, 5) is 14.0. The smallest absolute Gasteiger partial charge is 0.264 e.